The number of carbonyl (C=O) groups is 1. The van der Waals surface area contributed by atoms with Gasteiger partial charge < -0.3 is 10.2 Å². The van der Waals surface area contributed by atoms with E-state index in [4.69, 9.17) is 0 Å². The summed E-state index contributed by atoms with van der Waals surface area (Å²) in [6.45, 7) is 6.24. The summed E-state index contributed by atoms with van der Waals surface area (Å²) in [5.41, 5.74) is 2.06. The Balaban J connectivity index is 1.91. The van der Waals surface area contributed by atoms with Crippen molar-refractivity contribution in [3.05, 3.63) is 40.1 Å². The highest BCUT2D eigenvalue weighted by atomic mass is 79.9. The van der Waals surface area contributed by atoms with Gasteiger partial charge in [-0.05, 0) is 32.0 Å². The van der Waals surface area contributed by atoms with Gasteiger partial charge in [0, 0.05) is 30.1 Å². The highest BCUT2D eigenvalue weighted by Crippen LogP contribution is 2.18. The number of nitrogens with one attached hydrogen (secondary N) is 1. The van der Waals surface area contributed by atoms with Crippen LogP contribution in [0.25, 0.3) is 5.69 Å². The van der Waals surface area contributed by atoms with Crippen LogP contribution in [-0.4, -0.2) is 51.5 Å². The molecule has 116 valence electrons. The van der Waals surface area contributed by atoms with Gasteiger partial charge in [-0.1, -0.05) is 27.2 Å². The molecule has 1 aromatic heterocycles. The van der Waals surface area contributed by atoms with Crippen LogP contribution in [0.1, 0.15) is 23.1 Å². The van der Waals surface area contributed by atoms with E-state index in [9.17, 15) is 4.79 Å². The van der Waals surface area contributed by atoms with Crippen molar-refractivity contribution in [1.29, 1.82) is 0 Å². The zero-order valence-corrected chi connectivity index (χ0v) is 14.2. The van der Waals surface area contributed by atoms with Crippen LogP contribution in [0.4, 0.5) is 0 Å². The highest BCUT2D eigenvalue weighted by Gasteiger charge is 2.28. The van der Waals surface area contributed by atoms with Crippen LogP contribution in [-0.2, 0) is 0 Å². The highest BCUT2D eigenvalue weighted by molar-refractivity contribution is 9.10. The maximum Gasteiger partial charge on any atom is 0.276 e. The quantitative estimate of drug-likeness (QED) is 0.882. The average molecular weight is 364 g/mol. The molecule has 3 rings (SSSR count). The van der Waals surface area contributed by atoms with Crippen LogP contribution in [0.3, 0.4) is 0 Å². The van der Waals surface area contributed by atoms with Gasteiger partial charge in [-0.25, -0.2) is 4.68 Å². The molecule has 1 aromatic carbocycles. The lowest BCUT2D eigenvalue weighted by molar-refractivity contribution is 0.0649. The van der Waals surface area contributed by atoms with E-state index in [0.29, 0.717) is 12.2 Å². The molecule has 1 aliphatic heterocycles. The molecule has 7 heteroatoms. The van der Waals surface area contributed by atoms with E-state index >= 15 is 0 Å². The zero-order chi connectivity index (χ0) is 15.7. The van der Waals surface area contributed by atoms with Gasteiger partial charge in [0.25, 0.3) is 5.91 Å². The molecule has 22 heavy (non-hydrogen) atoms. The second kappa shape index (κ2) is 6.18. The maximum atomic E-state index is 12.7. The Labute approximate surface area is 137 Å². The Morgan fingerprint density at radius 1 is 1.45 bits per heavy atom. The lowest BCUT2D eigenvalue weighted by atomic mass is 10.2. The predicted molar refractivity (Wildman–Crippen MR) is 87.2 cm³/mol. The van der Waals surface area contributed by atoms with Crippen molar-refractivity contribution in [2.24, 2.45) is 0 Å². The van der Waals surface area contributed by atoms with Crippen LogP contribution >= 0.6 is 15.9 Å². The number of aromatic nitrogens is 3. The number of rotatable bonds is 2. The van der Waals surface area contributed by atoms with E-state index in [-0.39, 0.29) is 11.9 Å². The Morgan fingerprint density at radius 3 is 3.00 bits per heavy atom. The minimum atomic E-state index is -0.0484. The first-order chi connectivity index (χ1) is 10.6. The van der Waals surface area contributed by atoms with Gasteiger partial charge in [0.2, 0.25) is 0 Å². The van der Waals surface area contributed by atoms with Gasteiger partial charge in [-0.15, -0.1) is 5.10 Å². The molecule has 1 fully saturated rings. The third-order valence-corrected chi connectivity index (χ3v) is 4.41. The van der Waals surface area contributed by atoms with Gasteiger partial charge in [-0.3, -0.25) is 4.79 Å². The van der Waals surface area contributed by atoms with Crippen molar-refractivity contribution in [3.63, 3.8) is 0 Å². The van der Waals surface area contributed by atoms with Crippen LogP contribution < -0.4 is 5.32 Å². The molecule has 1 saturated heterocycles. The van der Waals surface area contributed by atoms with Gasteiger partial charge in [0.1, 0.15) is 0 Å². The van der Waals surface area contributed by atoms with Crippen molar-refractivity contribution in [3.8, 4) is 5.69 Å². The van der Waals surface area contributed by atoms with Crippen molar-refractivity contribution >= 4 is 21.8 Å². The summed E-state index contributed by atoms with van der Waals surface area (Å²) in [6.07, 6.45) is 0. The largest absolute Gasteiger partial charge is 0.332 e. The molecular weight excluding hydrogens is 346 g/mol. The topological polar surface area (TPSA) is 63.1 Å². The summed E-state index contributed by atoms with van der Waals surface area (Å²) < 4.78 is 2.66. The molecule has 1 amide bonds. The smallest absolute Gasteiger partial charge is 0.276 e. The van der Waals surface area contributed by atoms with Gasteiger partial charge >= 0.3 is 0 Å². The van der Waals surface area contributed by atoms with E-state index in [0.717, 1.165) is 28.9 Å². The van der Waals surface area contributed by atoms with Crippen LogP contribution in [0, 0.1) is 6.92 Å². The molecule has 0 unspecified atom stereocenters. The Hall–Kier alpha value is -1.73. The normalized spacial score (nSPS) is 18.5. The SMILES string of the molecule is Cc1c(C(=O)N2CCNC[C@H]2C)nnn1-c1cccc(Br)c1. The third kappa shape index (κ3) is 2.78. The van der Waals surface area contributed by atoms with Crippen molar-refractivity contribution in [1.82, 2.24) is 25.2 Å². The maximum absolute atomic E-state index is 12.7. The number of carbonyl (C=O) groups excluding carboxylic acids is 1. The summed E-state index contributed by atoms with van der Waals surface area (Å²) in [6, 6.07) is 7.93. The predicted octanol–water partition coefficient (Wildman–Crippen LogP) is 1.77. The molecule has 1 N–H and O–H groups in total. The van der Waals surface area contributed by atoms with E-state index < -0.39 is 0 Å². The summed E-state index contributed by atoms with van der Waals surface area (Å²) >= 11 is 3.45. The summed E-state index contributed by atoms with van der Waals surface area (Å²) in [5, 5.41) is 11.6. The minimum absolute atomic E-state index is 0.0484. The fourth-order valence-corrected chi connectivity index (χ4v) is 3.05. The molecule has 1 aliphatic rings. The number of amides is 1. The van der Waals surface area contributed by atoms with Crippen molar-refractivity contribution in [2.45, 2.75) is 19.9 Å². The van der Waals surface area contributed by atoms with Gasteiger partial charge in [0.05, 0.1) is 11.4 Å². The molecule has 2 aromatic rings. The number of piperazine rings is 1. The van der Waals surface area contributed by atoms with E-state index in [2.05, 4.69) is 31.6 Å². The number of hydrogen-bond acceptors (Lipinski definition) is 4. The summed E-state index contributed by atoms with van der Waals surface area (Å²) in [4.78, 5) is 14.6. The number of halogens is 1. The van der Waals surface area contributed by atoms with Crippen LogP contribution in [0.2, 0.25) is 0 Å². The first-order valence-corrected chi connectivity index (χ1v) is 8.07. The van der Waals surface area contributed by atoms with Crippen molar-refractivity contribution < 1.29 is 4.79 Å². The standard InChI is InChI=1S/C15H18BrN5O/c1-10-9-17-6-7-20(10)15(22)14-11(2)21(19-18-14)13-5-3-4-12(16)8-13/h3-5,8,10,17H,6-7,9H2,1-2H3/t10-/m1/s1. The number of hydrogen-bond donors (Lipinski definition) is 1. The fourth-order valence-electron chi connectivity index (χ4n) is 2.66. The zero-order valence-electron chi connectivity index (χ0n) is 12.6. The monoisotopic (exact) mass is 363 g/mol. The lowest BCUT2D eigenvalue weighted by Crippen LogP contribution is -2.52. The molecule has 6 nitrogen and oxygen atoms in total. The molecule has 0 radical (unpaired) electrons. The third-order valence-electron chi connectivity index (χ3n) is 3.91. The van der Waals surface area contributed by atoms with E-state index in [1.807, 2.05) is 43.0 Å². The Bertz CT molecular complexity index is 699. The second-order valence-corrected chi connectivity index (χ2v) is 6.38. The molecule has 0 bridgehead atoms. The van der Waals surface area contributed by atoms with Gasteiger partial charge in [-0.2, -0.15) is 0 Å². The Morgan fingerprint density at radius 2 is 2.27 bits per heavy atom. The second-order valence-electron chi connectivity index (χ2n) is 5.47. The van der Waals surface area contributed by atoms with Crippen LogP contribution in [0.5, 0.6) is 0 Å². The van der Waals surface area contributed by atoms with E-state index in [1.165, 1.54) is 0 Å². The summed E-state index contributed by atoms with van der Waals surface area (Å²) in [5.74, 6) is -0.0484. The molecule has 0 aliphatic carbocycles. The first kappa shape index (κ1) is 15.2. The van der Waals surface area contributed by atoms with Crippen molar-refractivity contribution in [2.75, 3.05) is 19.6 Å². The fraction of sp³-hybridized carbons (Fsp3) is 0.400. The molecule has 0 saturated carbocycles. The van der Waals surface area contributed by atoms with Crippen LogP contribution in [0.15, 0.2) is 28.7 Å². The molecule has 2 heterocycles. The first-order valence-electron chi connectivity index (χ1n) is 7.28. The summed E-state index contributed by atoms with van der Waals surface area (Å²) in [7, 11) is 0. The molecule has 0 spiro atoms. The number of benzene rings is 1. The molecule has 1 atom stereocenters. The average Bonchev–Trinajstić information content (AvgIpc) is 2.89. The minimum Gasteiger partial charge on any atom is -0.332 e. The molecular formula is C15H18BrN5O. The van der Waals surface area contributed by atoms with Gasteiger partial charge in [0.15, 0.2) is 5.69 Å². The van der Waals surface area contributed by atoms with E-state index in [1.54, 1.807) is 4.68 Å². The Kier molecular flexibility index (Phi) is 4.26. The lowest BCUT2D eigenvalue weighted by Gasteiger charge is -2.33. The number of nitrogens with zero attached hydrogens (tertiary/aromatic N) is 4.